The summed E-state index contributed by atoms with van der Waals surface area (Å²) in [5, 5.41) is 6.88. The molecule has 0 aliphatic rings. The summed E-state index contributed by atoms with van der Waals surface area (Å²) in [5.74, 6) is -2.74. The molecule has 0 saturated carbocycles. The summed E-state index contributed by atoms with van der Waals surface area (Å²) in [7, 11) is 1.58. The van der Waals surface area contributed by atoms with Crippen molar-refractivity contribution < 1.29 is 18.0 Å². The SMILES string of the molecule is CN=CC(=C(N)c1ccc(F)cc1)c1ccc2nc(NC(=O)c3cc(F)ccc3F)cn2n1. The molecule has 2 heterocycles. The van der Waals surface area contributed by atoms with Crippen LogP contribution in [0.2, 0.25) is 0 Å². The maximum atomic E-state index is 13.9. The summed E-state index contributed by atoms with van der Waals surface area (Å²) in [4.78, 5) is 20.6. The Morgan fingerprint density at radius 2 is 1.79 bits per heavy atom. The highest BCUT2D eigenvalue weighted by atomic mass is 19.1. The molecular formula is C23H17F3N6O. The lowest BCUT2D eigenvalue weighted by Crippen LogP contribution is -2.14. The minimum atomic E-state index is -0.858. The molecule has 3 N–H and O–H groups in total. The third-order valence-electron chi connectivity index (χ3n) is 4.71. The largest absolute Gasteiger partial charge is 0.398 e. The summed E-state index contributed by atoms with van der Waals surface area (Å²) in [6, 6.07) is 11.6. The third kappa shape index (κ3) is 4.59. The standard InChI is InChI=1S/C23H17F3N6O/c1-28-11-17(22(27)13-2-4-14(24)5-3-13)19-8-9-21-29-20(12-32(21)31-19)30-23(33)16-10-15(25)6-7-18(16)26/h2-12H,27H2,1H3,(H,30,33). The lowest BCUT2D eigenvalue weighted by molar-refractivity contribution is 0.102. The van der Waals surface area contributed by atoms with E-state index < -0.39 is 23.1 Å². The summed E-state index contributed by atoms with van der Waals surface area (Å²) in [6.45, 7) is 0. The topological polar surface area (TPSA) is 97.7 Å². The normalized spacial score (nSPS) is 12.2. The van der Waals surface area contributed by atoms with Gasteiger partial charge in [0.15, 0.2) is 11.5 Å². The van der Waals surface area contributed by atoms with Gasteiger partial charge in [0.1, 0.15) is 17.5 Å². The van der Waals surface area contributed by atoms with Crippen LogP contribution in [-0.2, 0) is 0 Å². The molecule has 4 aromatic rings. The summed E-state index contributed by atoms with van der Waals surface area (Å²) < 4.78 is 41.9. The highest BCUT2D eigenvalue weighted by molar-refractivity contribution is 6.18. The average molecular weight is 450 g/mol. The van der Waals surface area contributed by atoms with Crippen molar-refractivity contribution in [2.24, 2.45) is 10.7 Å². The van der Waals surface area contributed by atoms with E-state index in [9.17, 15) is 18.0 Å². The lowest BCUT2D eigenvalue weighted by atomic mass is 10.0. The van der Waals surface area contributed by atoms with Crippen LogP contribution in [-0.4, -0.2) is 33.8 Å². The molecule has 166 valence electrons. The molecule has 10 heteroatoms. The van der Waals surface area contributed by atoms with Gasteiger partial charge in [-0.15, -0.1) is 0 Å². The van der Waals surface area contributed by atoms with E-state index in [-0.39, 0.29) is 11.6 Å². The number of aliphatic imine (C=N–C) groups is 1. The van der Waals surface area contributed by atoms with E-state index in [0.717, 1.165) is 18.2 Å². The molecular weight excluding hydrogens is 433 g/mol. The number of amides is 1. The van der Waals surface area contributed by atoms with Crippen LogP contribution in [0.15, 0.2) is 65.8 Å². The second kappa shape index (κ2) is 8.95. The molecule has 2 aromatic carbocycles. The van der Waals surface area contributed by atoms with Gasteiger partial charge in [-0.25, -0.2) is 22.7 Å². The van der Waals surface area contributed by atoms with E-state index in [1.165, 1.54) is 29.1 Å². The first-order valence-electron chi connectivity index (χ1n) is 9.67. The molecule has 0 atom stereocenters. The smallest absolute Gasteiger partial charge is 0.259 e. The molecule has 0 aliphatic heterocycles. The number of allylic oxidation sites excluding steroid dienone is 1. The van der Waals surface area contributed by atoms with Gasteiger partial charge < -0.3 is 11.1 Å². The first-order valence-corrected chi connectivity index (χ1v) is 9.67. The minimum absolute atomic E-state index is 0.0921. The molecule has 0 bridgehead atoms. The number of nitrogens with zero attached hydrogens (tertiary/aromatic N) is 4. The van der Waals surface area contributed by atoms with Crippen LogP contribution in [0.4, 0.5) is 19.0 Å². The van der Waals surface area contributed by atoms with Gasteiger partial charge in [-0.3, -0.25) is 9.79 Å². The predicted molar refractivity (Wildman–Crippen MR) is 119 cm³/mol. The fraction of sp³-hybridized carbons (Fsp3) is 0.0435. The fourth-order valence-corrected chi connectivity index (χ4v) is 3.13. The molecule has 33 heavy (non-hydrogen) atoms. The number of halogens is 3. The van der Waals surface area contributed by atoms with Crippen LogP contribution in [0.1, 0.15) is 21.6 Å². The Hall–Kier alpha value is -4.47. The first kappa shape index (κ1) is 21.8. The van der Waals surface area contributed by atoms with E-state index in [4.69, 9.17) is 5.73 Å². The Morgan fingerprint density at radius 1 is 1.06 bits per heavy atom. The van der Waals surface area contributed by atoms with Crippen molar-refractivity contribution in [2.45, 2.75) is 0 Å². The van der Waals surface area contributed by atoms with E-state index in [1.54, 1.807) is 31.3 Å². The second-order valence-corrected chi connectivity index (χ2v) is 6.95. The molecule has 0 unspecified atom stereocenters. The molecule has 0 aliphatic carbocycles. The lowest BCUT2D eigenvalue weighted by Gasteiger charge is -2.08. The van der Waals surface area contributed by atoms with Gasteiger partial charge >= 0.3 is 0 Å². The van der Waals surface area contributed by atoms with Gasteiger partial charge in [0.05, 0.1) is 17.5 Å². The van der Waals surface area contributed by atoms with Gasteiger partial charge in [0.2, 0.25) is 0 Å². The number of hydrogen-bond acceptors (Lipinski definition) is 5. The Bertz CT molecular complexity index is 1410. The van der Waals surface area contributed by atoms with E-state index in [0.29, 0.717) is 28.2 Å². The number of nitrogens with two attached hydrogens (primary N) is 1. The highest BCUT2D eigenvalue weighted by Crippen LogP contribution is 2.22. The van der Waals surface area contributed by atoms with Crippen LogP contribution < -0.4 is 11.1 Å². The van der Waals surface area contributed by atoms with Gasteiger partial charge in [-0.05, 0) is 60.2 Å². The number of carbonyl (C=O) groups excluding carboxylic acids is 1. The number of nitrogens with one attached hydrogen (secondary N) is 1. The molecule has 4 rings (SSSR count). The van der Waals surface area contributed by atoms with Crippen molar-refractivity contribution in [1.82, 2.24) is 14.6 Å². The van der Waals surface area contributed by atoms with Crippen LogP contribution in [0.5, 0.6) is 0 Å². The van der Waals surface area contributed by atoms with Crippen LogP contribution >= 0.6 is 0 Å². The van der Waals surface area contributed by atoms with Gasteiger partial charge in [-0.2, -0.15) is 5.10 Å². The second-order valence-electron chi connectivity index (χ2n) is 6.95. The van der Waals surface area contributed by atoms with Gasteiger partial charge in [0, 0.05) is 24.5 Å². The summed E-state index contributed by atoms with van der Waals surface area (Å²) >= 11 is 0. The fourth-order valence-electron chi connectivity index (χ4n) is 3.13. The van der Waals surface area contributed by atoms with E-state index in [1.807, 2.05) is 0 Å². The van der Waals surface area contributed by atoms with Crippen molar-refractivity contribution in [3.05, 3.63) is 95.1 Å². The van der Waals surface area contributed by atoms with E-state index >= 15 is 0 Å². The van der Waals surface area contributed by atoms with Crippen molar-refractivity contribution in [1.29, 1.82) is 0 Å². The Kier molecular flexibility index (Phi) is 5.90. The number of rotatable bonds is 5. The minimum Gasteiger partial charge on any atom is -0.398 e. The van der Waals surface area contributed by atoms with E-state index in [2.05, 4.69) is 20.4 Å². The average Bonchev–Trinajstić information content (AvgIpc) is 3.20. The number of carbonyl (C=O) groups is 1. The molecule has 0 fully saturated rings. The molecule has 2 aromatic heterocycles. The Labute approximate surface area is 186 Å². The predicted octanol–water partition coefficient (Wildman–Crippen LogP) is 3.93. The van der Waals surface area contributed by atoms with Crippen molar-refractivity contribution in [2.75, 3.05) is 12.4 Å². The molecule has 0 spiro atoms. The zero-order chi connectivity index (χ0) is 23.5. The maximum absolute atomic E-state index is 13.9. The highest BCUT2D eigenvalue weighted by Gasteiger charge is 2.16. The van der Waals surface area contributed by atoms with Crippen LogP contribution in [0.3, 0.4) is 0 Å². The number of hydrogen-bond donors (Lipinski definition) is 2. The maximum Gasteiger partial charge on any atom is 0.259 e. The van der Waals surface area contributed by atoms with Crippen molar-refractivity contribution in [3.63, 3.8) is 0 Å². The summed E-state index contributed by atoms with van der Waals surface area (Å²) in [6.07, 6.45) is 2.95. The molecule has 1 amide bonds. The summed E-state index contributed by atoms with van der Waals surface area (Å²) in [5.41, 5.74) is 8.10. The van der Waals surface area contributed by atoms with Crippen LogP contribution in [0, 0.1) is 17.5 Å². The van der Waals surface area contributed by atoms with Crippen LogP contribution in [0.25, 0.3) is 16.9 Å². The Balaban J connectivity index is 1.68. The van der Waals surface area contributed by atoms with Gasteiger partial charge in [0.25, 0.3) is 5.91 Å². The third-order valence-corrected chi connectivity index (χ3v) is 4.71. The first-order chi connectivity index (χ1) is 15.9. The zero-order valence-corrected chi connectivity index (χ0v) is 17.3. The number of benzene rings is 2. The molecule has 0 saturated heterocycles. The molecule has 0 radical (unpaired) electrons. The number of imidazole rings is 1. The molecule has 7 nitrogen and oxygen atoms in total. The zero-order valence-electron chi connectivity index (χ0n) is 17.3. The quantitative estimate of drug-likeness (QED) is 0.450. The number of fused-ring (bicyclic) bond motifs is 1. The van der Waals surface area contributed by atoms with Crippen molar-refractivity contribution >= 4 is 34.9 Å². The number of aromatic nitrogens is 3. The monoisotopic (exact) mass is 450 g/mol. The van der Waals surface area contributed by atoms with Gasteiger partial charge in [-0.1, -0.05) is 0 Å². The van der Waals surface area contributed by atoms with Crippen molar-refractivity contribution in [3.8, 4) is 0 Å². The Morgan fingerprint density at radius 3 is 2.52 bits per heavy atom. The number of anilines is 1.